The number of imidazole rings is 1. The van der Waals surface area contributed by atoms with E-state index >= 15 is 0 Å². The van der Waals surface area contributed by atoms with Crippen molar-refractivity contribution in [3.8, 4) is 0 Å². The average Bonchev–Trinajstić information content (AvgIpc) is 2.91. The molecule has 8 heteroatoms. The molecule has 0 aliphatic heterocycles. The van der Waals surface area contributed by atoms with Crippen molar-refractivity contribution in [2.75, 3.05) is 0 Å². The van der Waals surface area contributed by atoms with Crippen LogP contribution >= 0.6 is 0 Å². The third-order valence-corrected chi connectivity index (χ3v) is 4.33. The van der Waals surface area contributed by atoms with Gasteiger partial charge in [-0.3, -0.25) is 14.2 Å². The number of nitrogens with zero attached hydrogens (tertiary/aromatic N) is 4. The van der Waals surface area contributed by atoms with E-state index in [4.69, 9.17) is 0 Å². The van der Waals surface area contributed by atoms with Gasteiger partial charge in [0.2, 0.25) is 5.91 Å². The summed E-state index contributed by atoms with van der Waals surface area (Å²) in [4.78, 5) is 41.3. The first-order valence-electron chi connectivity index (χ1n) is 8.62. The van der Waals surface area contributed by atoms with E-state index in [0.717, 1.165) is 23.8 Å². The zero-order valence-corrected chi connectivity index (χ0v) is 15.6. The highest BCUT2D eigenvalue weighted by Gasteiger charge is 2.17. The highest BCUT2D eigenvalue weighted by atomic mass is 16.2. The third-order valence-electron chi connectivity index (χ3n) is 4.33. The van der Waals surface area contributed by atoms with Crippen molar-refractivity contribution in [2.24, 2.45) is 20.0 Å². The van der Waals surface area contributed by atoms with Gasteiger partial charge in [0, 0.05) is 20.1 Å². The van der Waals surface area contributed by atoms with Crippen molar-refractivity contribution in [2.45, 2.75) is 52.6 Å². The molecule has 1 amide bonds. The Kier molecular flexibility index (Phi) is 5.81. The summed E-state index contributed by atoms with van der Waals surface area (Å²) in [6.07, 6.45) is 4.49. The molecule has 0 aliphatic carbocycles. The lowest BCUT2D eigenvalue weighted by molar-refractivity contribution is -0.122. The second kappa shape index (κ2) is 7.67. The van der Waals surface area contributed by atoms with Crippen LogP contribution in [0.15, 0.2) is 15.9 Å². The van der Waals surface area contributed by atoms with E-state index in [-0.39, 0.29) is 18.5 Å². The molecule has 2 aromatic rings. The number of aryl methyl sites for hydroxylation is 2. The summed E-state index contributed by atoms with van der Waals surface area (Å²) in [6, 6.07) is 0.00578. The molecule has 8 nitrogen and oxygen atoms in total. The van der Waals surface area contributed by atoms with E-state index in [9.17, 15) is 14.4 Å². The summed E-state index contributed by atoms with van der Waals surface area (Å²) in [5.74, 6) is 0.299. The number of hydrogen-bond donors (Lipinski definition) is 1. The molecular formula is C17H27N5O3. The van der Waals surface area contributed by atoms with Gasteiger partial charge in [0.05, 0.1) is 6.33 Å². The monoisotopic (exact) mass is 349 g/mol. The Labute approximate surface area is 146 Å². The Morgan fingerprint density at radius 2 is 1.88 bits per heavy atom. The van der Waals surface area contributed by atoms with Crippen LogP contribution in [0, 0.1) is 5.92 Å². The third kappa shape index (κ3) is 4.18. The Morgan fingerprint density at radius 1 is 1.20 bits per heavy atom. The first-order chi connectivity index (χ1) is 11.7. The maximum absolute atomic E-state index is 12.6. The van der Waals surface area contributed by atoms with Crippen molar-refractivity contribution in [1.29, 1.82) is 0 Å². The lowest BCUT2D eigenvalue weighted by Crippen LogP contribution is -2.45. The van der Waals surface area contributed by atoms with Gasteiger partial charge in [-0.05, 0) is 19.3 Å². The summed E-state index contributed by atoms with van der Waals surface area (Å²) in [5, 5.41) is 2.86. The van der Waals surface area contributed by atoms with Crippen molar-refractivity contribution < 1.29 is 4.79 Å². The fourth-order valence-electron chi connectivity index (χ4n) is 2.90. The average molecular weight is 349 g/mol. The van der Waals surface area contributed by atoms with E-state index in [2.05, 4.69) is 24.1 Å². The Hall–Kier alpha value is -2.38. The second-order valence-corrected chi connectivity index (χ2v) is 7.05. The Bertz CT molecular complexity index is 875. The van der Waals surface area contributed by atoms with Crippen LogP contribution in [0.3, 0.4) is 0 Å². The molecule has 0 aliphatic rings. The van der Waals surface area contributed by atoms with Crippen LogP contribution in [0.2, 0.25) is 0 Å². The minimum Gasteiger partial charge on any atom is -0.352 e. The summed E-state index contributed by atoms with van der Waals surface area (Å²) >= 11 is 0. The molecule has 0 saturated heterocycles. The number of fused-ring (bicyclic) bond motifs is 1. The molecule has 0 saturated carbocycles. The van der Waals surface area contributed by atoms with Gasteiger partial charge in [-0.2, -0.15) is 0 Å². The van der Waals surface area contributed by atoms with Crippen molar-refractivity contribution in [3.05, 3.63) is 27.2 Å². The molecule has 1 unspecified atom stereocenters. The standard InChI is InChI=1S/C17H27N5O3/c1-11(2)7-6-8-12(3)19-13(23)9-22-16(24)14-15(18-10-20(14)4)21(5)17(22)25/h10-12H,6-9H2,1-5H3,(H,19,23). The van der Waals surface area contributed by atoms with Crippen LogP contribution in [0.4, 0.5) is 0 Å². The predicted octanol–water partition coefficient (Wildman–Crippen LogP) is 0.765. The lowest BCUT2D eigenvalue weighted by atomic mass is 10.0. The van der Waals surface area contributed by atoms with Gasteiger partial charge in [0.1, 0.15) is 6.54 Å². The minimum absolute atomic E-state index is 0.00578. The van der Waals surface area contributed by atoms with E-state index in [1.807, 2.05) is 6.92 Å². The SMILES string of the molecule is CC(C)CCCC(C)NC(=O)Cn1c(=O)c2c(ncn2C)n(C)c1=O. The lowest BCUT2D eigenvalue weighted by Gasteiger charge is -2.15. The first-order valence-corrected chi connectivity index (χ1v) is 8.62. The van der Waals surface area contributed by atoms with Crippen molar-refractivity contribution >= 4 is 17.1 Å². The molecule has 2 rings (SSSR count). The van der Waals surface area contributed by atoms with Gasteiger partial charge in [-0.15, -0.1) is 0 Å². The smallest absolute Gasteiger partial charge is 0.332 e. The van der Waals surface area contributed by atoms with E-state index in [1.54, 1.807) is 18.7 Å². The van der Waals surface area contributed by atoms with Gasteiger partial charge in [-0.25, -0.2) is 14.3 Å². The van der Waals surface area contributed by atoms with Crippen LogP contribution < -0.4 is 16.6 Å². The molecular weight excluding hydrogens is 322 g/mol. The Balaban J connectivity index is 2.15. The highest BCUT2D eigenvalue weighted by molar-refractivity contribution is 5.76. The number of carbonyl (C=O) groups excluding carboxylic acids is 1. The normalized spacial score (nSPS) is 12.7. The van der Waals surface area contributed by atoms with Gasteiger partial charge < -0.3 is 9.88 Å². The van der Waals surface area contributed by atoms with Crippen molar-refractivity contribution in [1.82, 2.24) is 24.0 Å². The zero-order valence-electron chi connectivity index (χ0n) is 15.6. The number of hydrogen-bond acceptors (Lipinski definition) is 4. The van der Waals surface area contributed by atoms with Crippen LogP contribution in [-0.4, -0.2) is 30.6 Å². The van der Waals surface area contributed by atoms with Gasteiger partial charge >= 0.3 is 5.69 Å². The van der Waals surface area contributed by atoms with Gasteiger partial charge in [0.25, 0.3) is 5.56 Å². The quantitative estimate of drug-likeness (QED) is 0.799. The van der Waals surface area contributed by atoms with Crippen LogP contribution in [0.25, 0.3) is 11.2 Å². The predicted molar refractivity (Wildman–Crippen MR) is 96.5 cm³/mol. The molecule has 2 aromatic heterocycles. The summed E-state index contributed by atoms with van der Waals surface area (Å²) in [5.41, 5.74) is -0.421. The molecule has 2 heterocycles. The fourth-order valence-corrected chi connectivity index (χ4v) is 2.90. The highest BCUT2D eigenvalue weighted by Crippen LogP contribution is 2.08. The largest absolute Gasteiger partial charge is 0.352 e. The summed E-state index contributed by atoms with van der Waals surface area (Å²) in [6.45, 7) is 5.98. The van der Waals surface area contributed by atoms with Crippen LogP contribution in [0.1, 0.15) is 40.0 Å². The molecule has 0 fully saturated rings. The molecule has 1 N–H and O–H groups in total. The topological polar surface area (TPSA) is 90.9 Å². The maximum Gasteiger partial charge on any atom is 0.332 e. The van der Waals surface area contributed by atoms with Gasteiger partial charge in [0.15, 0.2) is 11.2 Å². The molecule has 1 atom stereocenters. The van der Waals surface area contributed by atoms with Crippen LogP contribution in [0.5, 0.6) is 0 Å². The van der Waals surface area contributed by atoms with Crippen LogP contribution in [-0.2, 0) is 25.4 Å². The van der Waals surface area contributed by atoms with E-state index in [0.29, 0.717) is 17.1 Å². The number of aromatic nitrogens is 4. The second-order valence-electron chi connectivity index (χ2n) is 7.05. The number of amides is 1. The molecule has 0 radical (unpaired) electrons. The summed E-state index contributed by atoms with van der Waals surface area (Å²) in [7, 11) is 3.22. The molecule has 138 valence electrons. The Morgan fingerprint density at radius 3 is 2.52 bits per heavy atom. The number of rotatable bonds is 7. The number of nitrogens with one attached hydrogen (secondary N) is 1. The summed E-state index contributed by atoms with van der Waals surface area (Å²) < 4.78 is 3.80. The maximum atomic E-state index is 12.6. The molecule has 25 heavy (non-hydrogen) atoms. The molecule has 0 spiro atoms. The van der Waals surface area contributed by atoms with E-state index < -0.39 is 11.2 Å². The zero-order chi connectivity index (χ0) is 18.7. The minimum atomic E-state index is -0.543. The molecule has 0 aromatic carbocycles. The van der Waals surface area contributed by atoms with Crippen molar-refractivity contribution in [3.63, 3.8) is 0 Å². The first kappa shape index (κ1) is 19.0. The van der Waals surface area contributed by atoms with E-state index in [1.165, 1.54) is 10.9 Å². The molecule has 0 bridgehead atoms. The number of carbonyl (C=O) groups is 1. The van der Waals surface area contributed by atoms with Gasteiger partial charge in [-0.1, -0.05) is 26.7 Å². The fraction of sp³-hybridized carbons (Fsp3) is 0.647.